The maximum atomic E-state index is 12.6. The van der Waals surface area contributed by atoms with Crippen molar-refractivity contribution >= 4 is 46.4 Å². The van der Waals surface area contributed by atoms with Crippen molar-refractivity contribution in [3.8, 4) is 0 Å². The zero-order valence-electron chi connectivity index (χ0n) is 15.7. The first kappa shape index (κ1) is 20.5. The van der Waals surface area contributed by atoms with Crippen LogP contribution in [0.1, 0.15) is 19.4 Å². The summed E-state index contributed by atoms with van der Waals surface area (Å²) in [5.41, 5.74) is 0.925. The molecular formula is C18H21ClN4O4S. The second kappa shape index (κ2) is 8.40. The van der Waals surface area contributed by atoms with E-state index in [9.17, 15) is 14.4 Å². The molecule has 3 rings (SSSR count). The summed E-state index contributed by atoms with van der Waals surface area (Å²) in [4.78, 5) is 44.4. The number of hydrogen-bond donors (Lipinski definition) is 1. The van der Waals surface area contributed by atoms with Gasteiger partial charge in [0.15, 0.2) is 17.4 Å². The van der Waals surface area contributed by atoms with E-state index in [4.69, 9.17) is 16.3 Å². The molecule has 2 aliphatic rings. The number of rotatable bonds is 5. The Hall–Kier alpha value is -2.26. The number of hydrogen-bond acceptors (Lipinski definition) is 7. The molecule has 1 fully saturated rings. The number of carbonyl (C=O) groups excluding carboxylic acids is 3. The molecule has 0 aromatic heterocycles. The maximum Gasteiger partial charge on any atom is 0.325 e. The molecule has 1 saturated heterocycles. The molecule has 0 aliphatic carbocycles. The summed E-state index contributed by atoms with van der Waals surface area (Å²) in [6, 6.07) is 6.10. The smallest absolute Gasteiger partial charge is 0.325 e. The molecule has 8 nitrogen and oxygen atoms in total. The Labute approximate surface area is 172 Å². The highest BCUT2D eigenvalue weighted by molar-refractivity contribution is 8.14. The number of nitrogens with one attached hydrogen (secondary N) is 1. The van der Waals surface area contributed by atoms with Crippen LogP contribution < -0.4 is 5.32 Å². The highest BCUT2D eigenvalue weighted by atomic mass is 35.5. The summed E-state index contributed by atoms with van der Waals surface area (Å²) in [5, 5.41) is 2.98. The van der Waals surface area contributed by atoms with Gasteiger partial charge in [0.1, 0.15) is 5.25 Å². The number of imide groups is 1. The first-order chi connectivity index (χ1) is 13.3. The molecule has 150 valence electrons. The van der Waals surface area contributed by atoms with E-state index in [1.807, 2.05) is 17.0 Å². The Morgan fingerprint density at radius 2 is 2.04 bits per heavy atom. The fourth-order valence-electron chi connectivity index (χ4n) is 3.02. The summed E-state index contributed by atoms with van der Waals surface area (Å²) in [7, 11) is 1.59. The molecule has 0 bridgehead atoms. The lowest BCUT2D eigenvalue weighted by atomic mass is 10.1. The van der Waals surface area contributed by atoms with Crippen LogP contribution in [-0.2, 0) is 20.9 Å². The molecule has 1 N–H and O–H groups in total. The van der Waals surface area contributed by atoms with Crippen molar-refractivity contribution in [2.75, 3.05) is 13.7 Å². The molecule has 10 heteroatoms. The van der Waals surface area contributed by atoms with E-state index in [2.05, 4.69) is 10.3 Å². The molecule has 0 saturated carbocycles. The topological polar surface area (TPSA) is 91.3 Å². The SMILES string of the molecule is CCOC(=O)C(C)SC1=NC2C(C(=O)NC(=O)N2C)N1Cc1ccc(Cl)cc1. The summed E-state index contributed by atoms with van der Waals surface area (Å²) in [5.74, 6) is -0.768. The number of amidine groups is 1. The molecule has 3 amide bonds. The first-order valence-corrected chi connectivity index (χ1v) is 10.1. The molecule has 3 atom stereocenters. The number of benzene rings is 1. The minimum absolute atomic E-state index is 0.287. The number of ether oxygens (including phenoxy) is 1. The van der Waals surface area contributed by atoms with Gasteiger partial charge in [-0.25, -0.2) is 9.79 Å². The fraction of sp³-hybridized carbons (Fsp3) is 0.444. The van der Waals surface area contributed by atoms with Crippen molar-refractivity contribution in [1.29, 1.82) is 0 Å². The van der Waals surface area contributed by atoms with Gasteiger partial charge in [0.05, 0.1) is 6.61 Å². The number of urea groups is 1. The molecule has 1 aromatic rings. The lowest BCUT2D eigenvalue weighted by Crippen LogP contribution is -2.63. The normalized spacial score (nSPS) is 22.5. The van der Waals surface area contributed by atoms with Gasteiger partial charge >= 0.3 is 12.0 Å². The number of halogens is 1. The van der Waals surface area contributed by atoms with E-state index >= 15 is 0 Å². The van der Waals surface area contributed by atoms with E-state index in [1.54, 1.807) is 33.0 Å². The Balaban J connectivity index is 1.88. The van der Waals surface area contributed by atoms with Gasteiger partial charge in [-0.2, -0.15) is 0 Å². The molecule has 2 heterocycles. The number of amides is 3. The van der Waals surface area contributed by atoms with Crippen molar-refractivity contribution in [2.45, 2.75) is 37.8 Å². The number of aliphatic imine (C=N–C) groups is 1. The van der Waals surface area contributed by atoms with Crippen molar-refractivity contribution < 1.29 is 19.1 Å². The third-order valence-corrected chi connectivity index (χ3v) is 5.84. The van der Waals surface area contributed by atoms with E-state index in [0.717, 1.165) is 5.56 Å². The van der Waals surface area contributed by atoms with E-state index in [-0.39, 0.29) is 12.6 Å². The van der Waals surface area contributed by atoms with Crippen molar-refractivity contribution in [3.05, 3.63) is 34.9 Å². The Morgan fingerprint density at radius 3 is 2.68 bits per heavy atom. The van der Waals surface area contributed by atoms with Crippen molar-refractivity contribution in [3.63, 3.8) is 0 Å². The number of thioether (sulfide) groups is 1. The number of nitrogens with zero attached hydrogens (tertiary/aromatic N) is 3. The second-order valence-corrected chi connectivity index (χ2v) is 8.19. The minimum Gasteiger partial charge on any atom is -0.465 e. The molecular weight excluding hydrogens is 404 g/mol. The average molecular weight is 425 g/mol. The van der Waals surface area contributed by atoms with Gasteiger partial charge < -0.3 is 14.5 Å². The van der Waals surface area contributed by atoms with Crippen LogP contribution in [0.3, 0.4) is 0 Å². The predicted molar refractivity (Wildman–Crippen MR) is 107 cm³/mol. The minimum atomic E-state index is -0.671. The Bertz CT molecular complexity index is 816. The zero-order chi connectivity index (χ0) is 20.4. The van der Waals surface area contributed by atoms with Crippen LogP contribution >= 0.6 is 23.4 Å². The molecule has 3 unspecified atom stereocenters. The number of carbonyl (C=O) groups is 3. The predicted octanol–water partition coefficient (Wildman–Crippen LogP) is 2.07. The van der Waals surface area contributed by atoms with Crippen LogP contribution in [0.25, 0.3) is 0 Å². The third-order valence-electron chi connectivity index (χ3n) is 4.49. The molecule has 28 heavy (non-hydrogen) atoms. The molecule has 1 aromatic carbocycles. The second-order valence-electron chi connectivity index (χ2n) is 6.44. The van der Waals surface area contributed by atoms with Gasteiger partial charge in [-0.3, -0.25) is 14.9 Å². The van der Waals surface area contributed by atoms with Crippen LogP contribution in [0.2, 0.25) is 5.02 Å². The summed E-state index contributed by atoms with van der Waals surface area (Å²) < 4.78 is 5.07. The highest BCUT2D eigenvalue weighted by Crippen LogP contribution is 2.32. The zero-order valence-corrected chi connectivity index (χ0v) is 17.3. The maximum absolute atomic E-state index is 12.6. The van der Waals surface area contributed by atoms with Crippen LogP contribution in [0.15, 0.2) is 29.3 Å². The van der Waals surface area contributed by atoms with Crippen LogP contribution in [0.5, 0.6) is 0 Å². The average Bonchev–Trinajstić information content (AvgIpc) is 3.00. The van der Waals surface area contributed by atoms with Gasteiger partial charge in [-0.05, 0) is 31.5 Å². The van der Waals surface area contributed by atoms with E-state index < -0.39 is 29.4 Å². The van der Waals surface area contributed by atoms with Crippen LogP contribution in [0.4, 0.5) is 4.79 Å². The molecule has 0 radical (unpaired) electrons. The van der Waals surface area contributed by atoms with Gasteiger partial charge in [-0.1, -0.05) is 35.5 Å². The summed E-state index contributed by atoms with van der Waals surface area (Å²) in [6.07, 6.45) is -0.648. The van der Waals surface area contributed by atoms with E-state index in [0.29, 0.717) is 16.7 Å². The van der Waals surface area contributed by atoms with Gasteiger partial charge in [0, 0.05) is 18.6 Å². The number of likely N-dealkylation sites (N-methyl/N-ethyl adjacent to an activating group) is 1. The largest absolute Gasteiger partial charge is 0.465 e. The highest BCUT2D eigenvalue weighted by Gasteiger charge is 2.49. The summed E-state index contributed by atoms with van der Waals surface area (Å²) in [6.45, 7) is 4.14. The third kappa shape index (κ3) is 4.10. The van der Waals surface area contributed by atoms with Crippen LogP contribution in [-0.4, -0.2) is 64.0 Å². The number of fused-ring (bicyclic) bond motifs is 1. The monoisotopic (exact) mass is 424 g/mol. The Morgan fingerprint density at radius 1 is 1.36 bits per heavy atom. The quantitative estimate of drug-likeness (QED) is 0.727. The Kier molecular flexibility index (Phi) is 6.14. The van der Waals surface area contributed by atoms with Gasteiger partial charge in [-0.15, -0.1) is 0 Å². The summed E-state index contributed by atoms with van der Waals surface area (Å²) >= 11 is 7.17. The fourth-order valence-corrected chi connectivity index (χ4v) is 4.11. The molecule has 2 aliphatic heterocycles. The first-order valence-electron chi connectivity index (χ1n) is 8.81. The molecule has 0 spiro atoms. The lowest BCUT2D eigenvalue weighted by molar-refractivity contribution is -0.142. The van der Waals surface area contributed by atoms with E-state index in [1.165, 1.54) is 16.7 Å². The standard InChI is InChI=1S/C18H21ClN4O4S/c1-4-27-16(25)10(2)28-18-20-14-13(15(24)21-17(26)22(14)3)23(18)9-11-5-7-12(19)8-6-11/h5-8,10,13-14H,4,9H2,1-3H3,(H,21,24,26). The van der Waals surface area contributed by atoms with Gasteiger partial charge in [0.2, 0.25) is 0 Å². The lowest BCUT2D eigenvalue weighted by Gasteiger charge is -2.36. The van der Waals surface area contributed by atoms with Gasteiger partial charge in [0.25, 0.3) is 5.91 Å². The van der Waals surface area contributed by atoms with Crippen molar-refractivity contribution in [2.24, 2.45) is 4.99 Å². The number of esters is 1. The van der Waals surface area contributed by atoms with Crippen LogP contribution in [0, 0.1) is 0 Å². The van der Waals surface area contributed by atoms with Crippen molar-refractivity contribution in [1.82, 2.24) is 15.1 Å².